The van der Waals surface area contributed by atoms with E-state index in [4.69, 9.17) is 20.4 Å². The third kappa shape index (κ3) is 8.52. The number of carboxylic acids is 1. The second-order valence-corrected chi connectivity index (χ2v) is 9.82. The van der Waals surface area contributed by atoms with Gasteiger partial charge in [0.05, 0.1) is 0 Å². The molecule has 11 heteroatoms. The molecular formula is C28H34F3N3O5. The van der Waals surface area contributed by atoms with Crippen LogP contribution in [0.1, 0.15) is 53.1 Å². The highest BCUT2D eigenvalue weighted by molar-refractivity contribution is 5.92. The number of fused-ring (bicyclic) bond motifs is 2. The van der Waals surface area contributed by atoms with Crippen LogP contribution in [0.3, 0.4) is 0 Å². The minimum absolute atomic E-state index is 0.0295. The number of ether oxygens (including phenoxy) is 1. The third-order valence-electron chi connectivity index (χ3n) is 7.23. The maximum atomic E-state index is 12.7. The smallest absolute Gasteiger partial charge is 0.475 e. The van der Waals surface area contributed by atoms with Crippen molar-refractivity contribution in [1.82, 2.24) is 9.80 Å². The molecule has 2 fully saturated rings. The lowest BCUT2D eigenvalue weighted by Gasteiger charge is -2.40. The minimum atomic E-state index is -5.08. The van der Waals surface area contributed by atoms with Gasteiger partial charge in [-0.25, -0.2) is 4.79 Å². The Balaban J connectivity index is 0.000000532. The fraction of sp³-hybridized carbons (Fsp3) is 0.464. The van der Waals surface area contributed by atoms with Crippen molar-refractivity contribution in [3.05, 3.63) is 71.3 Å². The number of alkyl halides is 3. The lowest BCUT2D eigenvalue weighted by Crippen LogP contribution is -2.47. The molecule has 0 saturated carbocycles. The summed E-state index contributed by atoms with van der Waals surface area (Å²) in [6, 6.07) is 19.0. The first-order valence-electron chi connectivity index (χ1n) is 12.8. The van der Waals surface area contributed by atoms with Crippen molar-refractivity contribution in [1.29, 1.82) is 0 Å². The van der Waals surface area contributed by atoms with Crippen LogP contribution in [0.15, 0.2) is 54.6 Å². The largest absolute Gasteiger partial charge is 0.490 e. The van der Waals surface area contributed by atoms with Gasteiger partial charge in [0.1, 0.15) is 6.61 Å². The number of methoxy groups -OCH3 is 1. The summed E-state index contributed by atoms with van der Waals surface area (Å²) in [5, 5.41) is 7.12. The number of carboxylic acid groups (broad SMARTS) is 1. The molecule has 2 bridgehead atoms. The number of carbonyl (C=O) groups excluding carboxylic acids is 2. The second-order valence-electron chi connectivity index (χ2n) is 9.82. The Bertz CT molecular complexity index is 1110. The first kappa shape index (κ1) is 30.1. The molecule has 212 valence electrons. The fourth-order valence-electron chi connectivity index (χ4n) is 5.40. The molecule has 0 spiro atoms. The van der Waals surface area contributed by atoms with E-state index in [1.165, 1.54) is 18.4 Å². The number of nitrogens with zero attached hydrogens (tertiary/aromatic N) is 2. The molecule has 8 nitrogen and oxygen atoms in total. The number of primary amides is 1. The average molecular weight is 550 g/mol. The molecule has 1 unspecified atom stereocenters. The number of halogens is 3. The van der Waals surface area contributed by atoms with Crippen LogP contribution in [0, 0.1) is 0 Å². The fourth-order valence-corrected chi connectivity index (χ4v) is 5.40. The Morgan fingerprint density at radius 3 is 2.21 bits per heavy atom. The van der Waals surface area contributed by atoms with Crippen molar-refractivity contribution in [2.45, 2.75) is 56.4 Å². The SMILES string of the molecule is COCC(=O)N(CCN1[C@@H]2CC[C@H]1CC(c1cccc(C(N)=O)c1)C2)Cc1ccccc1.O=C(O)C(F)(F)F. The standard InChI is InChI=1S/C26H33N3O3.C2HF3O2/c1-32-18-25(30)28(17-19-6-3-2-4-7-19)12-13-29-23-10-11-24(29)16-22(15-23)20-8-5-9-21(14-20)26(27)31;3-2(4,5)1(6)7/h2-9,14,22-24H,10-13,15-18H2,1H3,(H2,27,31);(H,6,7)/t22?,23-,24+;. The molecule has 0 radical (unpaired) electrons. The molecule has 3 N–H and O–H groups in total. The topological polar surface area (TPSA) is 113 Å². The first-order chi connectivity index (χ1) is 18.5. The summed E-state index contributed by atoms with van der Waals surface area (Å²) in [6.07, 6.45) is -0.518. The summed E-state index contributed by atoms with van der Waals surface area (Å²) in [7, 11) is 1.57. The molecule has 0 aliphatic carbocycles. The highest BCUT2D eigenvalue weighted by Gasteiger charge is 2.41. The van der Waals surface area contributed by atoms with E-state index >= 15 is 0 Å². The van der Waals surface area contributed by atoms with Gasteiger partial charge in [-0.2, -0.15) is 13.2 Å². The van der Waals surface area contributed by atoms with Crippen molar-refractivity contribution in [2.75, 3.05) is 26.8 Å². The van der Waals surface area contributed by atoms with Crippen molar-refractivity contribution in [3.8, 4) is 0 Å². The molecule has 4 rings (SSSR count). The van der Waals surface area contributed by atoms with Gasteiger partial charge in [0, 0.05) is 44.4 Å². The number of hydrogen-bond donors (Lipinski definition) is 2. The molecular weight excluding hydrogens is 515 g/mol. The molecule has 2 aliphatic heterocycles. The van der Waals surface area contributed by atoms with E-state index in [-0.39, 0.29) is 18.4 Å². The normalized spacial score (nSPS) is 20.6. The van der Waals surface area contributed by atoms with E-state index in [2.05, 4.69) is 23.1 Å². The number of carbonyl (C=O) groups is 3. The number of benzene rings is 2. The monoisotopic (exact) mass is 549 g/mol. The Kier molecular flexibility index (Phi) is 10.5. The van der Waals surface area contributed by atoms with Gasteiger partial charge in [-0.3, -0.25) is 14.5 Å². The number of hydrogen-bond acceptors (Lipinski definition) is 5. The summed E-state index contributed by atoms with van der Waals surface area (Å²) in [5.41, 5.74) is 8.42. The number of amides is 2. The molecule has 2 aromatic rings. The van der Waals surface area contributed by atoms with Gasteiger partial charge in [-0.1, -0.05) is 42.5 Å². The Morgan fingerprint density at radius 1 is 1.05 bits per heavy atom. The Hall–Kier alpha value is -3.44. The molecule has 2 heterocycles. The zero-order chi connectivity index (χ0) is 28.6. The lowest BCUT2D eigenvalue weighted by molar-refractivity contribution is -0.192. The van der Waals surface area contributed by atoms with E-state index in [0.29, 0.717) is 36.7 Å². The van der Waals surface area contributed by atoms with Gasteiger partial charge < -0.3 is 20.5 Å². The van der Waals surface area contributed by atoms with Crippen molar-refractivity contribution < 1.29 is 37.4 Å². The predicted molar refractivity (Wildman–Crippen MR) is 138 cm³/mol. The quantitative estimate of drug-likeness (QED) is 0.492. The van der Waals surface area contributed by atoms with Crippen molar-refractivity contribution >= 4 is 17.8 Å². The molecule has 2 saturated heterocycles. The van der Waals surface area contributed by atoms with E-state index < -0.39 is 12.1 Å². The van der Waals surface area contributed by atoms with Gasteiger partial charge in [0.2, 0.25) is 11.8 Å². The highest BCUT2D eigenvalue weighted by Crippen LogP contribution is 2.43. The van der Waals surface area contributed by atoms with Gasteiger partial charge in [-0.05, 0) is 54.9 Å². The van der Waals surface area contributed by atoms with E-state index in [1.807, 2.05) is 35.2 Å². The summed E-state index contributed by atoms with van der Waals surface area (Å²) in [5.74, 6) is -2.64. The van der Waals surface area contributed by atoms with Crippen molar-refractivity contribution in [2.24, 2.45) is 5.73 Å². The number of aliphatic carboxylic acids is 1. The second kappa shape index (κ2) is 13.6. The minimum Gasteiger partial charge on any atom is -0.475 e. The lowest BCUT2D eigenvalue weighted by atomic mass is 9.84. The summed E-state index contributed by atoms with van der Waals surface area (Å²) < 4.78 is 36.9. The molecule has 39 heavy (non-hydrogen) atoms. The maximum absolute atomic E-state index is 12.7. The first-order valence-corrected chi connectivity index (χ1v) is 12.8. The number of nitrogens with two attached hydrogens (primary N) is 1. The van der Waals surface area contributed by atoms with Crippen LogP contribution in [0.5, 0.6) is 0 Å². The summed E-state index contributed by atoms with van der Waals surface area (Å²) in [4.78, 5) is 37.7. The zero-order valence-electron chi connectivity index (χ0n) is 21.8. The molecule has 3 atom stereocenters. The number of piperidine rings is 1. The van der Waals surface area contributed by atoms with Crippen LogP contribution in [-0.2, 0) is 20.9 Å². The predicted octanol–water partition coefficient (Wildman–Crippen LogP) is 3.80. The van der Waals surface area contributed by atoms with E-state index in [1.54, 1.807) is 13.2 Å². The van der Waals surface area contributed by atoms with Crippen LogP contribution in [-0.4, -0.2) is 77.8 Å². The summed E-state index contributed by atoms with van der Waals surface area (Å²) >= 11 is 0. The molecule has 2 amide bonds. The number of rotatable bonds is 9. The molecule has 2 aliphatic rings. The van der Waals surface area contributed by atoms with Gasteiger partial charge in [0.25, 0.3) is 0 Å². The molecule has 2 aromatic carbocycles. The third-order valence-corrected chi connectivity index (χ3v) is 7.23. The van der Waals surface area contributed by atoms with Crippen LogP contribution in [0.4, 0.5) is 13.2 Å². The maximum Gasteiger partial charge on any atom is 0.490 e. The van der Waals surface area contributed by atoms with Gasteiger partial charge in [-0.15, -0.1) is 0 Å². The van der Waals surface area contributed by atoms with Gasteiger partial charge >= 0.3 is 12.1 Å². The average Bonchev–Trinajstić information content (AvgIpc) is 3.13. The van der Waals surface area contributed by atoms with E-state index in [0.717, 1.165) is 24.9 Å². The molecule has 0 aromatic heterocycles. The van der Waals surface area contributed by atoms with Crippen LogP contribution in [0.25, 0.3) is 0 Å². The van der Waals surface area contributed by atoms with E-state index in [9.17, 15) is 22.8 Å². The van der Waals surface area contributed by atoms with Crippen LogP contribution < -0.4 is 5.73 Å². The van der Waals surface area contributed by atoms with Crippen molar-refractivity contribution in [3.63, 3.8) is 0 Å². The Morgan fingerprint density at radius 2 is 1.67 bits per heavy atom. The highest BCUT2D eigenvalue weighted by atomic mass is 19.4. The summed E-state index contributed by atoms with van der Waals surface area (Å²) in [6.45, 7) is 2.30. The Labute approximate surface area is 225 Å². The van der Waals surface area contributed by atoms with Crippen LogP contribution in [0.2, 0.25) is 0 Å². The van der Waals surface area contributed by atoms with Gasteiger partial charge in [0.15, 0.2) is 0 Å². The zero-order valence-corrected chi connectivity index (χ0v) is 21.8. The van der Waals surface area contributed by atoms with Crippen LogP contribution >= 0.6 is 0 Å².